The van der Waals surface area contributed by atoms with Crippen LogP contribution < -0.4 is 5.32 Å². The fraction of sp³-hybridized carbons (Fsp3) is 0.476. The summed E-state index contributed by atoms with van der Waals surface area (Å²) < 4.78 is 5.39. The van der Waals surface area contributed by atoms with Gasteiger partial charge in [0.1, 0.15) is 0 Å². The lowest BCUT2D eigenvalue weighted by molar-refractivity contribution is -0.122. The molecule has 1 aliphatic heterocycles. The summed E-state index contributed by atoms with van der Waals surface area (Å²) in [6.45, 7) is 3.17. The molecule has 5 nitrogen and oxygen atoms in total. The van der Waals surface area contributed by atoms with E-state index in [1.807, 2.05) is 18.2 Å². The van der Waals surface area contributed by atoms with Crippen LogP contribution >= 0.6 is 0 Å². The van der Waals surface area contributed by atoms with E-state index in [0.29, 0.717) is 6.42 Å². The minimum absolute atomic E-state index is 0.0213. The number of ether oxygens (including phenoxy) is 1. The minimum atomic E-state index is -0.506. The molecule has 0 radical (unpaired) electrons. The van der Waals surface area contributed by atoms with Crippen LogP contribution in [0.3, 0.4) is 0 Å². The molecule has 26 heavy (non-hydrogen) atoms. The Morgan fingerprint density at radius 3 is 2.69 bits per heavy atom. The molecule has 2 fully saturated rings. The number of fused-ring (bicyclic) bond motifs is 1. The Balaban J connectivity index is 1.35. The number of carbonyl (C=O) groups is 1. The van der Waals surface area contributed by atoms with E-state index >= 15 is 0 Å². The lowest BCUT2D eigenvalue weighted by Gasteiger charge is -2.34. The molecule has 0 spiro atoms. The molecule has 0 unspecified atom stereocenters. The Labute approximate surface area is 153 Å². The highest BCUT2D eigenvalue weighted by molar-refractivity contribution is 5.85. The maximum atomic E-state index is 12.5. The quantitative estimate of drug-likeness (QED) is 0.878. The van der Waals surface area contributed by atoms with Gasteiger partial charge in [-0.1, -0.05) is 42.5 Å². The Hall–Kier alpha value is -1.95. The molecule has 2 N–H and O–H groups in total. The first-order valence-electron chi connectivity index (χ1n) is 9.47. The second-order valence-corrected chi connectivity index (χ2v) is 7.32. The third kappa shape index (κ3) is 3.75. The summed E-state index contributed by atoms with van der Waals surface area (Å²) >= 11 is 0. The summed E-state index contributed by atoms with van der Waals surface area (Å²) in [4.78, 5) is 14.8. The van der Waals surface area contributed by atoms with Crippen LogP contribution in [0.5, 0.6) is 0 Å². The van der Waals surface area contributed by atoms with Crippen molar-refractivity contribution < 1.29 is 14.6 Å². The van der Waals surface area contributed by atoms with Crippen molar-refractivity contribution in [1.82, 2.24) is 10.2 Å². The number of amides is 1. The van der Waals surface area contributed by atoms with Gasteiger partial charge in [-0.05, 0) is 29.2 Å². The van der Waals surface area contributed by atoms with Crippen molar-refractivity contribution in [1.29, 1.82) is 0 Å². The Morgan fingerprint density at radius 1 is 1.12 bits per heavy atom. The highest BCUT2D eigenvalue weighted by Crippen LogP contribution is 2.26. The first-order chi connectivity index (χ1) is 12.7. The number of nitrogens with zero attached hydrogens (tertiary/aromatic N) is 1. The van der Waals surface area contributed by atoms with Crippen LogP contribution in [-0.2, 0) is 16.0 Å². The Kier molecular flexibility index (Phi) is 5.20. The summed E-state index contributed by atoms with van der Waals surface area (Å²) in [6.07, 6.45) is 1.58. The second kappa shape index (κ2) is 7.74. The third-order valence-corrected chi connectivity index (χ3v) is 5.62. The second-order valence-electron chi connectivity index (χ2n) is 7.32. The highest BCUT2D eigenvalue weighted by atomic mass is 16.5. The SMILES string of the molecule is O=C(Cc1ccc2ccccc2c1)N[C@@H]1CC[C@@H](N2CCOCC2)[C@@H]1O. The van der Waals surface area contributed by atoms with Gasteiger partial charge in [-0.3, -0.25) is 9.69 Å². The molecule has 2 aromatic rings. The van der Waals surface area contributed by atoms with E-state index in [1.54, 1.807) is 0 Å². The molecule has 4 rings (SSSR count). The van der Waals surface area contributed by atoms with Crippen molar-refractivity contribution in [2.24, 2.45) is 0 Å². The van der Waals surface area contributed by atoms with Crippen LogP contribution in [0.15, 0.2) is 42.5 Å². The van der Waals surface area contributed by atoms with Gasteiger partial charge in [-0.2, -0.15) is 0 Å². The molecule has 1 saturated carbocycles. The third-order valence-electron chi connectivity index (χ3n) is 5.62. The van der Waals surface area contributed by atoms with Gasteiger partial charge < -0.3 is 15.2 Å². The molecule has 1 aliphatic carbocycles. The maximum absolute atomic E-state index is 12.5. The largest absolute Gasteiger partial charge is 0.389 e. The molecule has 2 aromatic carbocycles. The number of carbonyl (C=O) groups excluding carboxylic acids is 1. The number of aliphatic hydroxyl groups is 1. The molecule has 138 valence electrons. The van der Waals surface area contributed by atoms with Crippen molar-refractivity contribution in [2.75, 3.05) is 26.3 Å². The maximum Gasteiger partial charge on any atom is 0.224 e. The van der Waals surface area contributed by atoms with Crippen molar-refractivity contribution in [2.45, 2.75) is 37.5 Å². The predicted octanol–water partition coefficient (Wildman–Crippen LogP) is 1.72. The van der Waals surface area contributed by atoms with Crippen molar-refractivity contribution in [3.8, 4) is 0 Å². The standard InChI is InChI=1S/C21H26N2O3/c24-20(14-15-5-6-16-3-1-2-4-17(16)13-15)22-18-7-8-19(21(18)25)23-9-11-26-12-10-23/h1-6,13,18-19,21,25H,7-12,14H2,(H,22,24)/t18-,19-,21-/m1/s1. The first-order valence-corrected chi connectivity index (χ1v) is 9.47. The van der Waals surface area contributed by atoms with E-state index in [4.69, 9.17) is 4.74 Å². The van der Waals surface area contributed by atoms with Crippen LogP contribution in [0.2, 0.25) is 0 Å². The van der Waals surface area contributed by atoms with Gasteiger partial charge in [0.2, 0.25) is 5.91 Å². The zero-order valence-electron chi connectivity index (χ0n) is 14.9. The van der Waals surface area contributed by atoms with Gasteiger partial charge in [0, 0.05) is 19.1 Å². The van der Waals surface area contributed by atoms with E-state index in [9.17, 15) is 9.90 Å². The van der Waals surface area contributed by atoms with Gasteiger partial charge >= 0.3 is 0 Å². The highest BCUT2D eigenvalue weighted by Gasteiger charge is 2.39. The number of nitrogens with one attached hydrogen (secondary N) is 1. The van der Waals surface area contributed by atoms with E-state index < -0.39 is 6.10 Å². The molecule has 1 amide bonds. The van der Waals surface area contributed by atoms with E-state index in [1.165, 1.54) is 5.39 Å². The number of rotatable bonds is 4. The number of hydrogen-bond acceptors (Lipinski definition) is 4. The Morgan fingerprint density at radius 2 is 1.88 bits per heavy atom. The number of aliphatic hydroxyl groups excluding tert-OH is 1. The number of morpholine rings is 1. The summed E-state index contributed by atoms with van der Waals surface area (Å²) in [5.74, 6) is -0.0213. The topological polar surface area (TPSA) is 61.8 Å². The summed E-state index contributed by atoms with van der Waals surface area (Å²) in [6, 6.07) is 14.2. The first kappa shape index (κ1) is 17.5. The average molecular weight is 354 g/mol. The molecule has 0 bridgehead atoms. The van der Waals surface area contributed by atoms with E-state index in [-0.39, 0.29) is 18.0 Å². The molecule has 2 aliphatic rings. The Bertz CT molecular complexity index is 773. The smallest absolute Gasteiger partial charge is 0.224 e. The van der Waals surface area contributed by atoms with E-state index in [0.717, 1.165) is 50.1 Å². The predicted molar refractivity (Wildman–Crippen MR) is 101 cm³/mol. The monoisotopic (exact) mass is 354 g/mol. The van der Waals surface area contributed by atoms with Crippen molar-refractivity contribution in [3.63, 3.8) is 0 Å². The zero-order valence-corrected chi connectivity index (χ0v) is 14.9. The van der Waals surface area contributed by atoms with Crippen LogP contribution in [0, 0.1) is 0 Å². The van der Waals surface area contributed by atoms with Gasteiger partial charge in [0.05, 0.1) is 31.8 Å². The number of benzene rings is 2. The fourth-order valence-electron chi connectivity index (χ4n) is 4.22. The molecule has 0 aromatic heterocycles. The minimum Gasteiger partial charge on any atom is -0.389 e. The summed E-state index contributed by atoms with van der Waals surface area (Å²) in [7, 11) is 0. The van der Waals surface area contributed by atoms with Crippen molar-refractivity contribution in [3.05, 3.63) is 48.0 Å². The molecule has 1 heterocycles. The lowest BCUT2D eigenvalue weighted by Crippen LogP contribution is -2.51. The molecule has 3 atom stereocenters. The van der Waals surface area contributed by atoms with Gasteiger partial charge in [0.25, 0.3) is 0 Å². The van der Waals surface area contributed by atoms with Crippen LogP contribution in [0.1, 0.15) is 18.4 Å². The average Bonchev–Trinajstić information content (AvgIpc) is 3.02. The lowest BCUT2D eigenvalue weighted by atomic mass is 10.0. The zero-order chi connectivity index (χ0) is 17.9. The van der Waals surface area contributed by atoms with Gasteiger partial charge in [-0.15, -0.1) is 0 Å². The summed E-state index contributed by atoms with van der Waals surface area (Å²) in [5, 5.41) is 16.0. The van der Waals surface area contributed by atoms with Crippen LogP contribution in [0.25, 0.3) is 10.8 Å². The summed E-state index contributed by atoms with van der Waals surface area (Å²) in [5.41, 5.74) is 0.999. The molecular weight excluding hydrogens is 328 g/mol. The van der Waals surface area contributed by atoms with Gasteiger partial charge in [0.15, 0.2) is 0 Å². The molecular formula is C21H26N2O3. The van der Waals surface area contributed by atoms with Crippen LogP contribution in [-0.4, -0.2) is 60.4 Å². The van der Waals surface area contributed by atoms with Crippen LogP contribution in [0.4, 0.5) is 0 Å². The fourth-order valence-corrected chi connectivity index (χ4v) is 4.22. The molecule has 5 heteroatoms. The van der Waals surface area contributed by atoms with Gasteiger partial charge in [-0.25, -0.2) is 0 Å². The number of hydrogen-bond donors (Lipinski definition) is 2. The molecule has 1 saturated heterocycles. The van der Waals surface area contributed by atoms with E-state index in [2.05, 4.69) is 34.5 Å². The normalized spacial score (nSPS) is 26.9. The van der Waals surface area contributed by atoms with Crippen molar-refractivity contribution >= 4 is 16.7 Å².